The molecule has 122 valence electrons. The first-order valence-corrected chi connectivity index (χ1v) is 9.59. The minimum atomic E-state index is -3.23. The molecule has 1 N–H and O–H groups in total. The Balaban J connectivity index is 0.000000394. The molecule has 0 heterocycles. The second kappa shape index (κ2) is 11.0. The Kier molecular flexibility index (Phi) is 10.7. The summed E-state index contributed by atoms with van der Waals surface area (Å²) < 4.78 is 15.8. The van der Waals surface area contributed by atoms with Crippen molar-refractivity contribution in [3.05, 3.63) is 34.9 Å². The van der Waals surface area contributed by atoms with Crippen LogP contribution >= 0.6 is 7.60 Å². The summed E-state index contributed by atoms with van der Waals surface area (Å²) in [5, 5.41) is 0. The number of hydrogen-bond donors (Lipinski definition) is 1. The molecule has 4 heteroatoms. The molecular formula is C17H31O3P. The van der Waals surface area contributed by atoms with Crippen molar-refractivity contribution in [2.45, 2.75) is 60.3 Å². The summed E-state index contributed by atoms with van der Waals surface area (Å²) >= 11 is 0. The van der Waals surface area contributed by atoms with Gasteiger partial charge in [-0.05, 0) is 50.8 Å². The van der Waals surface area contributed by atoms with Crippen LogP contribution in [0.2, 0.25) is 0 Å². The van der Waals surface area contributed by atoms with E-state index in [9.17, 15) is 4.57 Å². The van der Waals surface area contributed by atoms with Gasteiger partial charge in [-0.15, -0.1) is 0 Å². The Morgan fingerprint density at radius 2 is 1.62 bits per heavy atom. The summed E-state index contributed by atoms with van der Waals surface area (Å²) in [6.45, 7) is 10.6. The molecule has 0 saturated heterocycles. The average Bonchev–Trinajstić information content (AvgIpc) is 2.42. The molecule has 0 spiro atoms. The van der Waals surface area contributed by atoms with Gasteiger partial charge in [0.25, 0.3) is 0 Å². The highest BCUT2D eigenvalue weighted by Crippen LogP contribution is 2.42. The zero-order chi connectivity index (χ0) is 16.3. The highest BCUT2D eigenvalue weighted by atomic mass is 31.2. The summed E-state index contributed by atoms with van der Waals surface area (Å²) in [5.74, 6) is 0. The van der Waals surface area contributed by atoms with Gasteiger partial charge in [-0.2, -0.15) is 0 Å². The summed E-state index contributed by atoms with van der Waals surface area (Å²) in [6.07, 6.45) is 4.40. The number of benzene rings is 1. The molecule has 1 aromatic rings. The Hall–Kier alpha value is -0.630. The second-order valence-corrected chi connectivity index (χ2v) is 7.34. The van der Waals surface area contributed by atoms with Gasteiger partial charge < -0.3 is 9.42 Å². The molecule has 0 aliphatic rings. The zero-order valence-electron chi connectivity index (χ0n) is 14.2. The maximum atomic E-state index is 11.1. The van der Waals surface area contributed by atoms with Gasteiger partial charge in [-0.3, -0.25) is 4.57 Å². The maximum Gasteiger partial charge on any atom is 0.328 e. The third-order valence-electron chi connectivity index (χ3n) is 3.50. The van der Waals surface area contributed by atoms with E-state index in [-0.39, 0.29) is 0 Å². The van der Waals surface area contributed by atoms with E-state index in [1.54, 1.807) is 6.92 Å². The number of hydrogen-bond acceptors (Lipinski definition) is 2. The maximum absolute atomic E-state index is 11.1. The van der Waals surface area contributed by atoms with Crippen molar-refractivity contribution < 1.29 is 14.0 Å². The predicted octanol–water partition coefficient (Wildman–Crippen LogP) is 5.40. The first-order chi connectivity index (χ1) is 9.84. The van der Waals surface area contributed by atoms with Crippen molar-refractivity contribution in [3.8, 4) is 0 Å². The zero-order valence-corrected chi connectivity index (χ0v) is 15.1. The van der Waals surface area contributed by atoms with Gasteiger partial charge in [-0.25, -0.2) is 0 Å². The summed E-state index contributed by atoms with van der Waals surface area (Å²) in [4.78, 5) is 9.15. The van der Waals surface area contributed by atoms with E-state index in [4.69, 9.17) is 9.42 Å². The van der Waals surface area contributed by atoms with Crippen molar-refractivity contribution in [2.24, 2.45) is 0 Å². The molecule has 1 rings (SSSR count). The molecule has 0 aliphatic heterocycles. The van der Waals surface area contributed by atoms with Crippen LogP contribution in [0.3, 0.4) is 0 Å². The smallest absolute Gasteiger partial charge is 0.324 e. The molecule has 0 fully saturated rings. The molecule has 0 aromatic heterocycles. The number of rotatable bonds is 7. The lowest BCUT2D eigenvalue weighted by atomic mass is 10.1. The molecule has 0 radical (unpaired) electrons. The van der Waals surface area contributed by atoms with Gasteiger partial charge in [-0.1, -0.05) is 44.4 Å². The van der Waals surface area contributed by atoms with E-state index in [0.29, 0.717) is 12.8 Å². The van der Waals surface area contributed by atoms with Crippen molar-refractivity contribution in [2.75, 3.05) is 12.8 Å². The van der Waals surface area contributed by atoms with Gasteiger partial charge in [0.2, 0.25) is 0 Å². The summed E-state index contributed by atoms with van der Waals surface area (Å²) in [5.41, 5.74) is 4.18. The topological polar surface area (TPSA) is 46.5 Å². The third kappa shape index (κ3) is 9.84. The molecule has 21 heavy (non-hydrogen) atoms. The van der Waals surface area contributed by atoms with Gasteiger partial charge in [0.1, 0.15) is 0 Å². The number of unbranched alkanes of at least 4 members (excludes halogenated alkanes) is 3. The molecule has 1 atom stereocenters. The quantitative estimate of drug-likeness (QED) is 0.541. The van der Waals surface area contributed by atoms with Crippen molar-refractivity contribution in [1.29, 1.82) is 0 Å². The fourth-order valence-electron chi connectivity index (χ4n) is 1.90. The first kappa shape index (κ1) is 20.4. The Morgan fingerprint density at radius 3 is 2.05 bits per heavy atom. The summed E-state index contributed by atoms with van der Waals surface area (Å²) in [6, 6.07) is 6.38. The van der Waals surface area contributed by atoms with Crippen molar-refractivity contribution in [3.63, 3.8) is 0 Å². The highest BCUT2D eigenvalue weighted by Gasteiger charge is 2.16. The minimum absolute atomic E-state index is 0.306. The lowest BCUT2D eigenvalue weighted by molar-refractivity contribution is 0.273. The Labute approximate surface area is 130 Å². The Morgan fingerprint density at radius 1 is 1.05 bits per heavy atom. The first-order valence-electron chi connectivity index (χ1n) is 7.83. The third-order valence-corrected chi connectivity index (χ3v) is 5.04. The standard InChI is InChI=1S/C9H12.C8H19O3P/c1-7-5-4-6-8(2)9(7)3;1-3-5-6-7-8-12(9,10)11-4-2/h4-6H,1-3H3;3-8H2,1-2H3,(H,9,10). The van der Waals surface area contributed by atoms with Crippen molar-refractivity contribution in [1.82, 2.24) is 0 Å². The molecule has 0 bridgehead atoms. The average molecular weight is 314 g/mol. The van der Waals surface area contributed by atoms with Crippen LogP contribution in [0.25, 0.3) is 0 Å². The Bertz CT molecular complexity index is 423. The molecule has 0 aliphatic carbocycles. The monoisotopic (exact) mass is 314 g/mol. The summed E-state index contributed by atoms with van der Waals surface area (Å²) in [7, 11) is -3.23. The second-order valence-electron chi connectivity index (χ2n) is 5.36. The molecule has 0 amide bonds. The number of aryl methyl sites for hydroxylation is 2. The minimum Gasteiger partial charge on any atom is -0.324 e. The van der Waals surface area contributed by atoms with Crippen LogP contribution < -0.4 is 0 Å². The van der Waals surface area contributed by atoms with E-state index in [0.717, 1.165) is 25.7 Å². The lowest BCUT2D eigenvalue weighted by Crippen LogP contribution is -1.94. The predicted molar refractivity (Wildman–Crippen MR) is 91.1 cm³/mol. The largest absolute Gasteiger partial charge is 0.328 e. The van der Waals surface area contributed by atoms with E-state index < -0.39 is 7.60 Å². The normalized spacial score (nSPS) is 13.2. The van der Waals surface area contributed by atoms with Crippen LogP contribution in [-0.2, 0) is 9.09 Å². The van der Waals surface area contributed by atoms with E-state index in [2.05, 4.69) is 45.9 Å². The fraction of sp³-hybridized carbons (Fsp3) is 0.647. The van der Waals surface area contributed by atoms with Gasteiger partial charge in [0.05, 0.1) is 6.61 Å². The molecule has 1 aromatic carbocycles. The van der Waals surface area contributed by atoms with Crippen LogP contribution in [-0.4, -0.2) is 17.7 Å². The van der Waals surface area contributed by atoms with Gasteiger partial charge >= 0.3 is 7.60 Å². The molecule has 3 nitrogen and oxygen atoms in total. The van der Waals surface area contributed by atoms with Gasteiger partial charge in [0, 0.05) is 6.16 Å². The van der Waals surface area contributed by atoms with Gasteiger partial charge in [0.15, 0.2) is 0 Å². The van der Waals surface area contributed by atoms with Crippen LogP contribution in [0.5, 0.6) is 0 Å². The van der Waals surface area contributed by atoms with Crippen LogP contribution in [0.4, 0.5) is 0 Å². The highest BCUT2D eigenvalue weighted by molar-refractivity contribution is 7.52. The fourth-order valence-corrected chi connectivity index (χ4v) is 3.06. The van der Waals surface area contributed by atoms with Crippen LogP contribution in [0.1, 0.15) is 56.2 Å². The van der Waals surface area contributed by atoms with Crippen LogP contribution in [0.15, 0.2) is 18.2 Å². The van der Waals surface area contributed by atoms with E-state index >= 15 is 0 Å². The molecular weight excluding hydrogens is 283 g/mol. The lowest BCUT2D eigenvalue weighted by Gasteiger charge is -2.09. The SMILES string of the molecule is CCCCCCP(=O)(O)OCC.Cc1cccc(C)c1C. The van der Waals surface area contributed by atoms with E-state index in [1.165, 1.54) is 16.7 Å². The van der Waals surface area contributed by atoms with E-state index in [1.807, 2.05) is 0 Å². The molecule has 0 saturated carbocycles. The van der Waals surface area contributed by atoms with Crippen LogP contribution in [0, 0.1) is 20.8 Å². The van der Waals surface area contributed by atoms with Crippen molar-refractivity contribution >= 4 is 7.60 Å². The molecule has 1 unspecified atom stereocenters.